The summed E-state index contributed by atoms with van der Waals surface area (Å²) in [5, 5.41) is 0. The Morgan fingerprint density at radius 1 is 1.04 bits per heavy atom. The normalized spacial score (nSPS) is 22.1. The van der Waals surface area contributed by atoms with Crippen LogP contribution >= 0.6 is 0 Å². The maximum absolute atomic E-state index is 12.4. The highest BCUT2D eigenvalue weighted by Crippen LogP contribution is 2.37. The highest BCUT2D eigenvalue weighted by Gasteiger charge is 2.47. The SMILES string of the molecule is Cc1ccccc1C(=O)NNC(=O)CCN1C(=O)[C@H]2CCCC[C@H]2C1=O. The van der Waals surface area contributed by atoms with Gasteiger partial charge in [-0.3, -0.25) is 34.9 Å². The molecule has 1 aromatic carbocycles. The van der Waals surface area contributed by atoms with E-state index in [1.807, 2.05) is 6.07 Å². The molecule has 0 unspecified atom stereocenters. The Kier molecular flexibility index (Phi) is 5.35. The number of hydrogen-bond donors (Lipinski definition) is 2. The molecular weight excluding hydrogens is 334 g/mol. The van der Waals surface area contributed by atoms with Gasteiger partial charge in [-0.15, -0.1) is 0 Å². The molecule has 3 rings (SSSR count). The highest BCUT2D eigenvalue weighted by atomic mass is 16.2. The van der Waals surface area contributed by atoms with Gasteiger partial charge < -0.3 is 0 Å². The lowest BCUT2D eigenvalue weighted by Crippen LogP contribution is -2.43. The van der Waals surface area contributed by atoms with Gasteiger partial charge in [-0.25, -0.2) is 0 Å². The number of amides is 4. The smallest absolute Gasteiger partial charge is 0.269 e. The van der Waals surface area contributed by atoms with Gasteiger partial charge in [-0.2, -0.15) is 0 Å². The second-order valence-corrected chi connectivity index (χ2v) is 6.89. The first kappa shape index (κ1) is 18.1. The summed E-state index contributed by atoms with van der Waals surface area (Å²) in [4.78, 5) is 50.0. The Labute approximate surface area is 152 Å². The number of carbonyl (C=O) groups excluding carboxylic acids is 4. The first-order valence-electron chi connectivity index (χ1n) is 8.99. The highest BCUT2D eigenvalue weighted by molar-refractivity contribution is 6.05. The predicted molar refractivity (Wildman–Crippen MR) is 93.6 cm³/mol. The van der Waals surface area contributed by atoms with E-state index in [0.717, 1.165) is 31.2 Å². The minimum absolute atomic E-state index is 0.0367. The summed E-state index contributed by atoms with van der Waals surface area (Å²) < 4.78 is 0. The van der Waals surface area contributed by atoms with Crippen molar-refractivity contribution in [1.82, 2.24) is 15.8 Å². The number of imide groups is 1. The van der Waals surface area contributed by atoms with Gasteiger partial charge in [0.15, 0.2) is 0 Å². The Morgan fingerprint density at radius 2 is 1.65 bits per heavy atom. The maximum Gasteiger partial charge on any atom is 0.269 e. The Hall–Kier alpha value is -2.70. The van der Waals surface area contributed by atoms with Crippen LogP contribution in [0.4, 0.5) is 0 Å². The number of carbonyl (C=O) groups is 4. The number of aryl methyl sites for hydroxylation is 1. The first-order chi connectivity index (χ1) is 12.5. The molecule has 0 spiro atoms. The lowest BCUT2D eigenvalue weighted by atomic mass is 9.81. The fraction of sp³-hybridized carbons (Fsp3) is 0.474. The molecule has 1 saturated carbocycles. The summed E-state index contributed by atoms with van der Waals surface area (Å²) in [5.74, 6) is -1.58. The molecule has 1 heterocycles. The first-order valence-corrected chi connectivity index (χ1v) is 8.99. The van der Waals surface area contributed by atoms with Crippen molar-refractivity contribution in [2.45, 2.75) is 39.0 Å². The number of rotatable bonds is 4. The zero-order chi connectivity index (χ0) is 18.7. The Balaban J connectivity index is 1.48. The summed E-state index contributed by atoms with van der Waals surface area (Å²) in [6, 6.07) is 7.04. The molecule has 2 aliphatic rings. The molecular formula is C19H23N3O4. The molecule has 138 valence electrons. The van der Waals surface area contributed by atoms with Crippen molar-refractivity contribution < 1.29 is 19.2 Å². The molecule has 0 aromatic heterocycles. The van der Waals surface area contributed by atoms with Crippen LogP contribution < -0.4 is 10.9 Å². The van der Waals surface area contributed by atoms with Gasteiger partial charge in [-0.1, -0.05) is 31.0 Å². The molecule has 1 aliphatic heterocycles. The third kappa shape index (κ3) is 3.61. The largest absolute Gasteiger partial charge is 0.282 e. The Morgan fingerprint density at radius 3 is 2.27 bits per heavy atom. The van der Waals surface area contributed by atoms with E-state index in [-0.39, 0.29) is 36.6 Å². The number of hydrogen-bond acceptors (Lipinski definition) is 4. The molecule has 1 saturated heterocycles. The molecule has 2 fully saturated rings. The lowest BCUT2D eigenvalue weighted by molar-refractivity contribution is -0.140. The summed E-state index contributed by atoms with van der Waals surface area (Å²) in [6.07, 6.45) is 3.42. The monoisotopic (exact) mass is 357 g/mol. The Bertz CT molecular complexity index is 722. The van der Waals surface area contributed by atoms with Crippen molar-refractivity contribution in [3.63, 3.8) is 0 Å². The van der Waals surface area contributed by atoms with Gasteiger partial charge in [-0.05, 0) is 31.4 Å². The molecule has 0 radical (unpaired) electrons. The van der Waals surface area contributed by atoms with Crippen LogP contribution in [-0.4, -0.2) is 35.1 Å². The maximum atomic E-state index is 12.4. The summed E-state index contributed by atoms with van der Waals surface area (Å²) in [7, 11) is 0. The summed E-state index contributed by atoms with van der Waals surface area (Å²) in [5.41, 5.74) is 5.97. The fourth-order valence-electron chi connectivity index (χ4n) is 3.75. The van der Waals surface area contributed by atoms with E-state index in [1.165, 1.54) is 4.90 Å². The van der Waals surface area contributed by atoms with Crippen LogP contribution in [0.1, 0.15) is 48.0 Å². The van der Waals surface area contributed by atoms with E-state index in [4.69, 9.17) is 0 Å². The predicted octanol–water partition coefficient (Wildman–Crippen LogP) is 1.32. The summed E-state index contributed by atoms with van der Waals surface area (Å²) >= 11 is 0. The van der Waals surface area contributed by atoms with Crippen LogP contribution in [0, 0.1) is 18.8 Å². The number of fused-ring (bicyclic) bond motifs is 1. The van der Waals surface area contributed by atoms with E-state index < -0.39 is 11.8 Å². The number of nitrogens with zero attached hydrogens (tertiary/aromatic N) is 1. The quantitative estimate of drug-likeness (QED) is 0.627. The average Bonchev–Trinajstić information content (AvgIpc) is 2.89. The minimum Gasteiger partial charge on any atom is -0.282 e. The second-order valence-electron chi connectivity index (χ2n) is 6.89. The molecule has 1 aliphatic carbocycles. The molecule has 4 amide bonds. The average molecular weight is 357 g/mol. The van der Waals surface area contributed by atoms with Gasteiger partial charge >= 0.3 is 0 Å². The van der Waals surface area contributed by atoms with Crippen LogP contribution in [0.15, 0.2) is 24.3 Å². The van der Waals surface area contributed by atoms with Crippen LogP contribution in [-0.2, 0) is 14.4 Å². The van der Waals surface area contributed by atoms with Crippen molar-refractivity contribution in [3.8, 4) is 0 Å². The number of likely N-dealkylation sites (tertiary alicyclic amines) is 1. The molecule has 1 aromatic rings. The molecule has 26 heavy (non-hydrogen) atoms. The third-order valence-electron chi connectivity index (χ3n) is 5.20. The topological polar surface area (TPSA) is 95.6 Å². The fourth-order valence-corrected chi connectivity index (χ4v) is 3.75. The molecule has 7 nitrogen and oxygen atoms in total. The second kappa shape index (κ2) is 7.68. The van der Waals surface area contributed by atoms with Crippen molar-refractivity contribution in [2.75, 3.05) is 6.54 Å². The third-order valence-corrected chi connectivity index (χ3v) is 5.20. The minimum atomic E-state index is -0.442. The van der Waals surface area contributed by atoms with Gasteiger partial charge in [0.25, 0.3) is 5.91 Å². The van der Waals surface area contributed by atoms with Gasteiger partial charge in [0.1, 0.15) is 0 Å². The zero-order valence-corrected chi connectivity index (χ0v) is 14.8. The molecule has 2 atom stereocenters. The van der Waals surface area contributed by atoms with Crippen LogP contribution in [0.2, 0.25) is 0 Å². The van der Waals surface area contributed by atoms with Crippen molar-refractivity contribution in [1.29, 1.82) is 0 Å². The van der Waals surface area contributed by atoms with E-state index >= 15 is 0 Å². The van der Waals surface area contributed by atoms with E-state index in [1.54, 1.807) is 25.1 Å². The van der Waals surface area contributed by atoms with Gasteiger partial charge in [0.2, 0.25) is 17.7 Å². The van der Waals surface area contributed by atoms with Crippen LogP contribution in [0.5, 0.6) is 0 Å². The number of nitrogens with one attached hydrogen (secondary N) is 2. The van der Waals surface area contributed by atoms with Gasteiger partial charge in [0, 0.05) is 18.5 Å². The van der Waals surface area contributed by atoms with Crippen molar-refractivity contribution in [3.05, 3.63) is 35.4 Å². The standard InChI is InChI=1S/C19H23N3O4/c1-12-6-2-3-7-13(12)17(24)21-20-16(23)10-11-22-18(25)14-8-4-5-9-15(14)19(22)26/h2-3,6-7,14-15H,4-5,8-11H2,1H3,(H,20,23)(H,21,24)/t14-,15+. The summed E-state index contributed by atoms with van der Waals surface area (Å²) in [6.45, 7) is 1.86. The number of benzene rings is 1. The van der Waals surface area contributed by atoms with E-state index in [9.17, 15) is 19.2 Å². The number of hydrazine groups is 1. The molecule has 0 bridgehead atoms. The van der Waals surface area contributed by atoms with Crippen LogP contribution in [0.25, 0.3) is 0 Å². The molecule has 7 heteroatoms. The molecule has 2 N–H and O–H groups in total. The van der Waals surface area contributed by atoms with E-state index in [0.29, 0.717) is 5.56 Å². The van der Waals surface area contributed by atoms with Crippen molar-refractivity contribution in [2.24, 2.45) is 11.8 Å². The lowest BCUT2D eigenvalue weighted by Gasteiger charge is -2.19. The van der Waals surface area contributed by atoms with Crippen molar-refractivity contribution >= 4 is 23.6 Å². The van der Waals surface area contributed by atoms with E-state index in [2.05, 4.69) is 10.9 Å². The van der Waals surface area contributed by atoms with Gasteiger partial charge in [0.05, 0.1) is 11.8 Å². The van der Waals surface area contributed by atoms with Crippen LogP contribution in [0.3, 0.4) is 0 Å². The zero-order valence-electron chi connectivity index (χ0n) is 14.8.